The fourth-order valence-corrected chi connectivity index (χ4v) is 3.73. The van der Waals surface area contributed by atoms with Gasteiger partial charge in [-0.3, -0.25) is 4.99 Å². The number of aliphatic imine (C=N–C) groups is 2. The van der Waals surface area contributed by atoms with Gasteiger partial charge in [-0.1, -0.05) is 51.6 Å². The van der Waals surface area contributed by atoms with E-state index in [1.165, 1.54) is 17.5 Å². The maximum Gasteiger partial charge on any atom is 0.104 e. The smallest absolute Gasteiger partial charge is 0.104 e. The average molecular weight is 405 g/mol. The van der Waals surface area contributed by atoms with E-state index in [0.29, 0.717) is 12.3 Å². The molecule has 1 heterocycles. The Morgan fingerprint density at radius 3 is 2.57 bits per heavy atom. The summed E-state index contributed by atoms with van der Waals surface area (Å²) in [4.78, 5) is 11.4. The van der Waals surface area contributed by atoms with Gasteiger partial charge < -0.3 is 10.6 Å². The minimum absolute atomic E-state index is 0.647. The van der Waals surface area contributed by atoms with Crippen molar-refractivity contribution in [2.24, 2.45) is 15.7 Å². The number of nitrogens with zero attached hydrogens (tertiary/aromatic N) is 3. The van der Waals surface area contributed by atoms with Gasteiger partial charge in [0.15, 0.2) is 0 Å². The van der Waals surface area contributed by atoms with Crippen molar-refractivity contribution >= 4 is 29.4 Å². The summed E-state index contributed by atoms with van der Waals surface area (Å²) in [6.07, 6.45) is 13.9. The molecule has 0 bridgehead atoms. The molecular formula is C26H36N4. The minimum Gasteiger partial charge on any atom is -0.387 e. The fourth-order valence-electron chi connectivity index (χ4n) is 3.73. The number of hydrogen-bond acceptors (Lipinski definition) is 4. The van der Waals surface area contributed by atoms with Gasteiger partial charge in [-0.05, 0) is 55.0 Å². The molecule has 1 aromatic carbocycles. The monoisotopic (exact) mass is 404 g/mol. The molecule has 0 aromatic heterocycles. The molecule has 0 atom stereocenters. The van der Waals surface area contributed by atoms with E-state index >= 15 is 0 Å². The zero-order valence-corrected chi connectivity index (χ0v) is 19.0. The van der Waals surface area contributed by atoms with Gasteiger partial charge in [0, 0.05) is 43.2 Å². The number of hydrogen-bond donors (Lipinski definition) is 1. The van der Waals surface area contributed by atoms with Crippen LogP contribution >= 0.6 is 0 Å². The second kappa shape index (κ2) is 12.0. The first-order valence-corrected chi connectivity index (χ1v) is 11.0. The molecule has 160 valence electrons. The van der Waals surface area contributed by atoms with E-state index in [-0.39, 0.29) is 0 Å². The standard InChI is InChI=1S/C26H36N4/c1-6-11-25(30(14-7-2)15-8-3)23-16-22-13-12-21(20(9-4)19-28-10-5)17-24(22)29-26(27)18-23/h9-13,16-17,19H,5-8,14-15,18H2,1-4H3,(H2,27,29)/b20-9+,25-11-,28-19?. The van der Waals surface area contributed by atoms with Crippen LogP contribution in [-0.4, -0.2) is 30.0 Å². The SMILES string of the molecule is C=CN=C/C(=C\C)c1ccc2c(c1)N=C(N)CC(/C(=C/CC)N(CCC)CCC)=C2. The van der Waals surface area contributed by atoms with Crippen molar-refractivity contribution < 1.29 is 0 Å². The molecule has 0 aliphatic carbocycles. The van der Waals surface area contributed by atoms with E-state index in [1.54, 1.807) is 0 Å². The quantitative estimate of drug-likeness (QED) is 0.453. The van der Waals surface area contributed by atoms with Crippen LogP contribution in [0.3, 0.4) is 0 Å². The zero-order valence-electron chi connectivity index (χ0n) is 19.0. The highest BCUT2D eigenvalue weighted by atomic mass is 15.1. The van der Waals surface area contributed by atoms with E-state index in [4.69, 9.17) is 10.7 Å². The van der Waals surface area contributed by atoms with E-state index in [0.717, 1.165) is 54.7 Å². The van der Waals surface area contributed by atoms with Crippen molar-refractivity contribution in [1.29, 1.82) is 0 Å². The van der Waals surface area contributed by atoms with Crippen LogP contribution in [0.5, 0.6) is 0 Å². The summed E-state index contributed by atoms with van der Waals surface area (Å²) in [6, 6.07) is 6.34. The molecule has 4 nitrogen and oxygen atoms in total. The zero-order chi connectivity index (χ0) is 21.9. The number of allylic oxidation sites excluding steroid dienone is 4. The molecule has 1 aromatic rings. The second-order valence-electron chi connectivity index (χ2n) is 7.41. The van der Waals surface area contributed by atoms with E-state index in [9.17, 15) is 0 Å². The summed E-state index contributed by atoms with van der Waals surface area (Å²) >= 11 is 0. The van der Waals surface area contributed by atoms with Crippen LogP contribution in [0.1, 0.15) is 64.5 Å². The highest BCUT2D eigenvalue weighted by Gasteiger charge is 2.18. The molecule has 4 heteroatoms. The molecule has 2 rings (SSSR count). The Bertz CT molecular complexity index is 878. The van der Waals surface area contributed by atoms with Crippen LogP contribution in [0.15, 0.2) is 64.4 Å². The average Bonchev–Trinajstić information content (AvgIpc) is 2.90. The van der Waals surface area contributed by atoms with Crippen LogP contribution in [-0.2, 0) is 0 Å². The topological polar surface area (TPSA) is 54.0 Å². The Kier molecular flexibility index (Phi) is 9.33. The van der Waals surface area contributed by atoms with Gasteiger partial charge in [-0.15, -0.1) is 0 Å². The largest absolute Gasteiger partial charge is 0.387 e. The van der Waals surface area contributed by atoms with Gasteiger partial charge in [-0.25, -0.2) is 4.99 Å². The van der Waals surface area contributed by atoms with Gasteiger partial charge in [0.25, 0.3) is 0 Å². The molecular weight excluding hydrogens is 368 g/mol. The predicted octanol–water partition coefficient (Wildman–Crippen LogP) is 6.50. The number of amidine groups is 1. The molecule has 0 unspecified atom stereocenters. The first-order valence-electron chi connectivity index (χ1n) is 11.0. The lowest BCUT2D eigenvalue weighted by molar-refractivity contribution is 0.349. The summed E-state index contributed by atoms with van der Waals surface area (Å²) in [5, 5.41) is 0. The van der Waals surface area contributed by atoms with Crippen LogP contribution in [0.25, 0.3) is 11.6 Å². The first kappa shape index (κ1) is 23.4. The third-order valence-corrected chi connectivity index (χ3v) is 5.01. The summed E-state index contributed by atoms with van der Waals surface area (Å²) < 4.78 is 0. The highest BCUT2D eigenvalue weighted by molar-refractivity contribution is 6.10. The maximum absolute atomic E-state index is 6.37. The summed E-state index contributed by atoms with van der Waals surface area (Å²) in [6.45, 7) is 14.4. The Morgan fingerprint density at radius 2 is 1.97 bits per heavy atom. The number of fused-ring (bicyclic) bond motifs is 1. The van der Waals surface area contributed by atoms with Crippen molar-refractivity contribution in [3.8, 4) is 0 Å². The first-order chi connectivity index (χ1) is 14.6. The Morgan fingerprint density at radius 1 is 1.23 bits per heavy atom. The Balaban J connectivity index is 2.52. The summed E-state index contributed by atoms with van der Waals surface area (Å²) in [5.41, 5.74) is 13.0. The third kappa shape index (κ3) is 6.06. The van der Waals surface area contributed by atoms with Crippen molar-refractivity contribution in [1.82, 2.24) is 4.90 Å². The molecule has 0 fully saturated rings. The van der Waals surface area contributed by atoms with Gasteiger partial charge >= 0.3 is 0 Å². The van der Waals surface area contributed by atoms with E-state index in [1.807, 2.05) is 19.2 Å². The van der Waals surface area contributed by atoms with Crippen LogP contribution in [0.2, 0.25) is 0 Å². The molecule has 0 spiro atoms. The number of benzene rings is 1. The van der Waals surface area contributed by atoms with E-state index in [2.05, 4.69) is 67.6 Å². The molecule has 30 heavy (non-hydrogen) atoms. The third-order valence-electron chi connectivity index (χ3n) is 5.01. The molecule has 1 aliphatic heterocycles. The lowest BCUT2D eigenvalue weighted by atomic mass is 9.99. The molecule has 1 aliphatic rings. The maximum atomic E-state index is 6.37. The number of nitrogens with two attached hydrogens (primary N) is 1. The van der Waals surface area contributed by atoms with Crippen molar-refractivity contribution in [3.05, 3.63) is 65.5 Å². The molecule has 0 amide bonds. The van der Waals surface area contributed by atoms with Crippen LogP contribution < -0.4 is 5.73 Å². The fraction of sp³-hybridized carbons (Fsp3) is 0.385. The normalized spacial score (nSPS) is 14.8. The number of rotatable bonds is 10. The lowest BCUT2D eigenvalue weighted by Crippen LogP contribution is -2.27. The van der Waals surface area contributed by atoms with Gasteiger partial charge in [-0.2, -0.15) is 0 Å². The van der Waals surface area contributed by atoms with Gasteiger partial charge in [0.1, 0.15) is 5.84 Å². The van der Waals surface area contributed by atoms with Crippen molar-refractivity contribution in [3.63, 3.8) is 0 Å². The predicted molar refractivity (Wildman–Crippen MR) is 133 cm³/mol. The van der Waals surface area contributed by atoms with Crippen molar-refractivity contribution in [2.75, 3.05) is 13.1 Å². The van der Waals surface area contributed by atoms with Crippen LogP contribution in [0, 0.1) is 0 Å². The van der Waals surface area contributed by atoms with Crippen molar-refractivity contribution in [2.45, 2.75) is 53.4 Å². The summed E-state index contributed by atoms with van der Waals surface area (Å²) in [5.74, 6) is 0.647. The van der Waals surface area contributed by atoms with E-state index < -0.39 is 0 Å². The Labute approximate surface area is 182 Å². The minimum atomic E-state index is 0.647. The highest BCUT2D eigenvalue weighted by Crippen LogP contribution is 2.33. The van der Waals surface area contributed by atoms with Crippen LogP contribution in [0.4, 0.5) is 5.69 Å². The Hall–Kier alpha value is -2.88. The lowest BCUT2D eigenvalue weighted by Gasteiger charge is -2.28. The molecule has 0 radical (unpaired) electrons. The second-order valence-corrected chi connectivity index (χ2v) is 7.41. The summed E-state index contributed by atoms with van der Waals surface area (Å²) in [7, 11) is 0. The molecule has 2 N–H and O–H groups in total. The molecule has 0 saturated heterocycles. The van der Waals surface area contributed by atoms with Gasteiger partial charge in [0.2, 0.25) is 0 Å². The van der Waals surface area contributed by atoms with Gasteiger partial charge in [0.05, 0.1) is 5.69 Å². The molecule has 0 saturated carbocycles.